The van der Waals surface area contributed by atoms with E-state index in [1.54, 1.807) is 18.2 Å². The summed E-state index contributed by atoms with van der Waals surface area (Å²) in [5, 5.41) is 15.1. The van der Waals surface area contributed by atoms with E-state index >= 15 is 0 Å². The molecule has 1 aromatic carbocycles. The predicted octanol–water partition coefficient (Wildman–Crippen LogP) is 1.56. The van der Waals surface area contributed by atoms with E-state index in [4.69, 9.17) is 4.74 Å². The lowest BCUT2D eigenvalue weighted by atomic mass is 10.1. The molecule has 1 N–H and O–H groups in total. The van der Waals surface area contributed by atoms with E-state index in [1.165, 1.54) is 23.5 Å². The highest BCUT2D eigenvalue weighted by Gasteiger charge is 2.13. The largest absolute Gasteiger partial charge is 0.618 e. The van der Waals surface area contributed by atoms with Crippen LogP contribution in [0.25, 0.3) is 0 Å². The lowest BCUT2D eigenvalue weighted by Crippen LogP contribution is -2.36. The summed E-state index contributed by atoms with van der Waals surface area (Å²) in [4.78, 5) is 14.5. The number of benzene rings is 1. The van der Waals surface area contributed by atoms with E-state index in [1.807, 2.05) is 18.2 Å². The van der Waals surface area contributed by atoms with Crippen LogP contribution in [0.5, 0.6) is 0 Å². The van der Waals surface area contributed by atoms with Gasteiger partial charge in [-0.05, 0) is 29.0 Å². The number of hydrogen-bond donors (Lipinski definition) is 1. The van der Waals surface area contributed by atoms with Crippen LogP contribution >= 0.6 is 11.8 Å². The first kappa shape index (κ1) is 18.7. The minimum atomic E-state index is -0.0833. The Labute approximate surface area is 157 Å². The Morgan fingerprint density at radius 3 is 2.65 bits per heavy atom. The number of rotatable bonds is 7. The van der Waals surface area contributed by atoms with Crippen molar-refractivity contribution < 1.29 is 14.3 Å². The van der Waals surface area contributed by atoms with Gasteiger partial charge in [-0.1, -0.05) is 24.3 Å². The molecular formula is C19H23N3O3S. The fourth-order valence-corrected chi connectivity index (χ4v) is 3.54. The molecule has 6 nitrogen and oxygen atoms in total. The van der Waals surface area contributed by atoms with Crippen molar-refractivity contribution in [3.05, 3.63) is 65.0 Å². The molecule has 1 aliphatic heterocycles. The standard InChI is InChI=1S/C19H23N3O3S/c23-18(15-26-19-7-3-4-8-22(19)24)20-13-16-5-1-2-6-17(16)14-21-9-11-25-12-10-21/h1-8H,9-15H2,(H,20,23). The summed E-state index contributed by atoms with van der Waals surface area (Å²) < 4.78 is 6.17. The highest BCUT2D eigenvalue weighted by molar-refractivity contribution is 7.99. The molecule has 1 amide bonds. The van der Waals surface area contributed by atoms with Gasteiger partial charge in [0.1, 0.15) is 0 Å². The fourth-order valence-electron chi connectivity index (χ4n) is 2.79. The fraction of sp³-hybridized carbons (Fsp3) is 0.368. The third-order valence-electron chi connectivity index (χ3n) is 4.23. The third-order valence-corrected chi connectivity index (χ3v) is 5.25. The molecular weight excluding hydrogens is 350 g/mol. The van der Waals surface area contributed by atoms with Gasteiger partial charge in [-0.3, -0.25) is 9.69 Å². The SMILES string of the molecule is O=C(CSc1cccc[n+]1[O-])NCc1ccccc1CN1CCOCC1. The Morgan fingerprint density at radius 1 is 1.15 bits per heavy atom. The molecule has 0 saturated carbocycles. The van der Waals surface area contributed by atoms with Crippen molar-refractivity contribution in [2.75, 3.05) is 32.1 Å². The Bertz CT molecular complexity index is 735. The number of nitrogens with zero attached hydrogens (tertiary/aromatic N) is 2. The molecule has 1 aromatic heterocycles. The first-order valence-electron chi connectivity index (χ1n) is 8.67. The second-order valence-corrected chi connectivity index (χ2v) is 7.08. The molecule has 138 valence electrons. The van der Waals surface area contributed by atoms with Gasteiger partial charge in [-0.15, -0.1) is 0 Å². The molecule has 0 spiro atoms. The van der Waals surface area contributed by atoms with Crippen molar-refractivity contribution in [2.45, 2.75) is 18.1 Å². The molecule has 3 rings (SSSR count). The molecule has 1 fully saturated rings. The van der Waals surface area contributed by atoms with Gasteiger partial charge in [-0.25, -0.2) is 0 Å². The van der Waals surface area contributed by atoms with E-state index in [-0.39, 0.29) is 11.7 Å². The monoisotopic (exact) mass is 373 g/mol. The number of pyridine rings is 1. The van der Waals surface area contributed by atoms with Gasteiger partial charge in [0.2, 0.25) is 5.91 Å². The number of carbonyl (C=O) groups is 1. The van der Waals surface area contributed by atoms with Crippen LogP contribution in [0.15, 0.2) is 53.7 Å². The van der Waals surface area contributed by atoms with E-state index < -0.39 is 0 Å². The van der Waals surface area contributed by atoms with E-state index in [9.17, 15) is 10.0 Å². The molecule has 0 unspecified atom stereocenters. The minimum Gasteiger partial charge on any atom is -0.618 e. The van der Waals surface area contributed by atoms with Crippen LogP contribution in [0.3, 0.4) is 0 Å². The van der Waals surface area contributed by atoms with Crippen LogP contribution in [0.1, 0.15) is 11.1 Å². The molecule has 0 aliphatic carbocycles. The quantitative estimate of drug-likeness (QED) is 0.453. The van der Waals surface area contributed by atoms with Crippen molar-refractivity contribution in [1.29, 1.82) is 0 Å². The van der Waals surface area contributed by atoms with Crippen molar-refractivity contribution in [1.82, 2.24) is 10.2 Å². The summed E-state index contributed by atoms with van der Waals surface area (Å²) in [5.41, 5.74) is 2.35. The number of aromatic nitrogens is 1. The minimum absolute atomic E-state index is 0.0833. The van der Waals surface area contributed by atoms with Gasteiger partial charge in [0.15, 0.2) is 6.20 Å². The van der Waals surface area contributed by atoms with Gasteiger partial charge >= 0.3 is 0 Å². The molecule has 0 bridgehead atoms. The second-order valence-electron chi connectivity index (χ2n) is 6.09. The molecule has 1 saturated heterocycles. The number of ether oxygens (including phenoxy) is 1. The van der Waals surface area contributed by atoms with Crippen LogP contribution in [0, 0.1) is 5.21 Å². The van der Waals surface area contributed by atoms with Crippen LogP contribution in [0.4, 0.5) is 0 Å². The normalized spacial score (nSPS) is 14.9. The number of carbonyl (C=O) groups excluding carboxylic acids is 1. The third kappa shape index (κ3) is 5.45. The first-order chi connectivity index (χ1) is 12.7. The van der Waals surface area contributed by atoms with Crippen molar-refractivity contribution in [3.63, 3.8) is 0 Å². The van der Waals surface area contributed by atoms with Crippen molar-refractivity contribution in [2.24, 2.45) is 0 Å². The maximum absolute atomic E-state index is 12.1. The van der Waals surface area contributed by atoms with Crippen LogP contribution < -0.4 is 10.0 Å². The lowest BCUT2D eigenvalue weighted by molar-refractivity contribution is -0.645. The summed E-state index contributed by atoms with van der Waals surface area (Å²) in [6, 6.07) is 13.3. The molecule has 2 aromatic rings. The Balaban J connectivity index is 1.51. The second kappa shape index (κ2) is 9.56. The number of amides is 1. The summed E-state index contributed by atoms with van der Waals surface area (Å²) >= 11 is 1.24. The Kier molecular flexibility index (Phi) is 6.88. The van der Waals surface area contributed by atoms with Gasteiger partial charge in [0.25, 0.3) is 5.03 Å². The van der Waals surface area contributed by atoms with Gasteiger partial charge in [-0.2, -0.15) is 4.73 Å². The van der Waals surface area contributed by atoms with Crippen LogP contribution in [0.2, 0.25) is 0 Å². The van der Waals surface area contributed by atoms with Crippen molar-refractivity contribution >= 4 is 17.7 Å². The lowest BCUT2D eigenvalue weighted by Gasteiger charge is -2.27. The van der Waals surface area contributed by atoms with Gasteiger partial charge in [0.05, 0.1) is 19.0 Å². The smallest absolute Gasteiger partial charge is 0.251 e. The summed E-state index contributed by atoms with van der Waals surface area (Å²) in [7, 11) is 0. The van der Waals surface area contributed by atoms with E-state index in [0.29, 0.717) is 11.6 Å². The zero-order chi connectivity index (χ0) is 18.2. The molecule has 2 heterocycles. The number of nitrogens with one attached hydrogen (secondary N) is 1. The highest BCUT2D eigenvalue weighted by atomic mass is 32.2. The number of hydrogen-bond acceptors (Lipinski definition) is 5. The average Bonchev–Trinajstić information content (AvgIpc) is 2.67. The van der Waals surface area contributed by atoms with Crippen LogP contribution in [-0.4, -0.2) is 42.9 Å². The van der Waals surface area contributed by atoms with Crippen LogP contribution in [-0.2, 0) is 22.6 Å². The predicted molar refractivity (Wildman–Crippen MR) is 101 cm³/mol. The Hall–Kier alpha value is -2.09. The molecule has 26 heavy (non-hydrogen) atoms. The molecule has 7 heteroatoms. The van der Waals surface area contributed by atoms with E-state index in [2.05, 4.69) is 16.3 Å². The summed E-state index contributed by atoms with van der Waals surface area (Å²) in [5.74, 6) is 0.137. The number of morpholine rings is 1. The van der Waals surface area contributed by atoms with Crippen molar-refractivity contribution in [3.8, 4) is 0 Å². The van der Waals surface area contributed by atoms with E-state index in [0.717, 1.165) is 43.1 Å². The molecule has 1 aliphatic rings. The average molecular weight is 373 g/mol. The highest BCUT2D eigenvalue weighted by Crippen LogP contribution is 2.14. The molecule has 0 radical (unpaired) electrons. The zero-order valence-corrected chi connectivity index (χ0v) is 15.4. The maximum atomic E-state index is 12.1. The van der Waals surface area contributed by atoms with Gasteiger partial charge in [0, 0.05) is 38.3 Å². The zero-order valence-electron chi connectivity index (χ0n) is 14.6. The summed E-state index contributed by atoms with van der Waals surface area (Å²) in [6.07, 6.45) is 1.43. The number of thioether (sulfide) groups is 1. The topological polar surface area (TPSA) is 68.5 Å². The maximum Gasteiger partial charge on any atom is 0.251 e. The first-order valence-corrected chi connectivity index (χ1v) is 9.65. The molecule has 0 atom stereocenters. The summed E-state index contributed by atoms with van der Waals surface area (Å²) in [6.45, 7) is 4.77. The Morgan fingerprint density at radius 2 is 1.88 bits per heavy atom. The van der Waals surface area contributed by atoms with Gasteiger partial charge < -0.3 is 15.3 Å².